The predicted octanol–water partition coefficient (Wildman–Crippen LogP) is 0.843. The monoisotopic (exact) mass is 329 g/mol. The van der Waals surface area contributed by atoms with Crippen LogP contribution in [-0.4, -0.2) is 67.0 Å². The molecule has 23 heavy (non-hydrogen) atoms. The topological polar surface area (TPSA) is 84.7 Å². The van der Waals surface area contributed by atoms with Crippen molar-refractivity contribution in [1.82, 2.24) is 15.0 Å². The quantitative estimate of drug-likeness (QED) is 0.441. The van der Waals surface area contributed by atoms with Crippen molar-refractivity contribution >= 4 is 5.78 Å². The minimum Gasteiger partial charge on any atom is -0.379 e. The standard InChI is InChI=1S/C15H27N3O5/c1-3-4-20-5-6-21-7-8-22-9-10-23-13-15-12-18(17-16-15)11-14(2)19/h12H,3-11,13H2,1-2H3. The summed E-state index contributed by atoms with van der Waals surface area (Å²) in [6, 6.07) is 0. The lowest BCUT2D eigenvalue weighted by molar-refractivity contribution is -0.117. The molecule has 0 fully saturated rings. The molecular weight excluding hydrogens is 302 g/mol. The number of carbonyl (C=O) groups excluding carboxylic acids is 1. The maximum Gasteiger partial charge on any atom is 0.151 e. The first-order chi connectivity index (χ1) is 11.2. The lowest BCUT2D eigenvalue weighted by Crippen LogP contribution is -2.12. The summed E-state index contributed by atoms with van der Waals surface area (Å²) in [6.45, 7) is 8.22. The first kappa shape index (κ1) is 19.7. The minimum atomic E-state index is 0.0370. The van der Waals surface area contributed by atoms with Gasteiger partial charge in [0, 0.05) is 6.61 Å². The maximum absolute atomic E-state index is 10.9. The Hall–Kier alpha value is -1.35. The number of nitrogens with zero attached hydrogens (tertiary/aromatic N) is 3. The van der Waals surface area contributed by atoms with Gasteiger partial charge in [0.25, 0.3) is 0 Å². The van der Waals surface area contributed by atoms with E-state index in [0.29, 0.717) is 51.9 Å². The molecule has 0 aliphatic carbocycles. The fourth-order valence-electron chi connectivity index (χ4n) is 1.69. The van der Waals surface area contributed by atoms with Crippen LogP contribution in [0.5, 0.6) is 0 Å². The van der Waals surface area contributed by atoms with Gasteiger partial charge < -0.3 is 18.9 Å². The van der Waals surface area contributed by atoms with Crippen LogP contribution in [0.15, 0.2) is 6.20 Å². The Bertz CT molecular complexity index is 425. The van der Waals surface area contributed by atoms with Gasteiger partial charge in [-0.3, -0.25) is 4.79 Å². The number of hydrogen-bond acceptors (Lipinski definition) is 7. The Kier molecular flexibility index (Phi) is 11.2. The molecule has 1 heterocycles. The molecule has 132 valence electrons. The molecule has 0 saturated carbocycles. The SMILES string of the molecule is CCCOCCOCCOCCOCc1cn(CC(C)=O)nn1. The van der Waals surface area contributed by atoms with Gasteiger partial charge in [-0.1, -0.05) is 12.1 Å². The second-order valence-electron chi connectivity index (χ2n) is 5.00. The molecule has 0 aromatic carbocycles. The Balaban J connectivity index is 1.88. The summed E-state index contributed by atoms with van der Waals surface area (Å²) < 4.78 is 22.9. The van der Waals surface area contributed by atoms with Crippen LogP contribution in [0.2, 0.25) is 0 Å². The normalized spacial score (nSPS) is 11.0. The van der Waals surface area contributed by atoms with Crippen LogP contribution < -0.4 is 0 Å². The van der Waals surface area contributed by atoms with Crippen molar-refractivity contribution in [3.05, 3.63) is 11.9 Å². The fraction of sp³-hybridized carbons (Fsp3) is 0.800. The Labute approximate surface area is 137 Å². The molecule has 0 aliphatic rings. The van der Waals surface area contributed by atoms with E-state index in [1.807, 2.05) is 0 Å². The van der Waals surface area contributed by atoms with Crippen molar-refractivity contribution in [2.75, 3.05) is 46.2 Å². The van der Waals surface area contributed by atoms with E-state index in [2.05, 4.69) is 17.2 Å². The van der Waals surface area contributed by atoms with Crippen LogP contribution in [0.3, 0.4) is 0 Å². The molecule has 0 bridgehead atoms. The Morgan fingerprint density at radius 3 is 2.13 bits per heavy atom. The van der Waals surface area contributed by atoms with Crippen LogP contribution in [0.4, 0.5) is 0 Å². The molecule has 0 amide bonds. The molecule has 0 atom stereocenters. The van der Waals surface area contributed by atoms with Gasteiger partial charge in [-0.25, -0.2) is 4.68 Å². The molecule has 0 saturated heterocycles. The van der Waals surface area contributed by atoms with Crippen LogP contribution >= 0.6 is 0 Å². The number of aromatic nitrogens is 3. The number of Topliss-reactive ketones (excluding diaryl/α,β-unsaturated/α-hetero) is 1. The van der Waals surface area contributed by atoms with Gasteiger partial charge in [0.1, 0.15) is 12.2 Å². The van der Waals surface area contributed by atoms with E-state index in [-0.39, 0.29) is 12.3 Å². The highest BCUT2D eigenvalue weighted by Crippen LogP contribution is 1.96. The molecule has 0 radical (unpaired) electrons. The van der Waals surface area contributed by atoms with Gasteiger partial charge in [0.15, 0.2) is 5.78 Å². The summed E-state index contributed by atoms with van der Waals surface area (Å²) >= 11 is 0. The summed E-state index contributed by atoms with van der Waals surface area (Å²) in [5.41, 5.74) is 0.696. The number of hydrogen-bond donors (Lipinski definition) is 0. The van der Waals surface area contributed by atoms with E-state index in [1.54, 1.807) is 6.20 Å². The first-order valence-electron chi connectivity index (χ1n) is 7.91. The van der Waals surface area contributed by atoms with Crippen molar-refractivity contribution < 1.29 is 23.7 Å². The van der Waals surface area contributed by atoms with E-state index in [9.17, 15) is 4.79 Å². The second-order valence-corrected chi connectivity index (χ2v) is 5.00. The molecule has 0 unspecified atom stereocenters. The van der Waals surface area contributed by atoms with Crippen LogP contribution in [0.25, 0.3) is 0 Å². The molecule has 8 heteroatoms. The van der Waals surface area contributed by atoms with Crippen molar-refractivity contribution in [1.29, 1.82) is 0 Å². The van der Waals surface area contributed by atoms with Crippen LogP contribution in [0, 0.1) is 0 Å². The number of rotatable bonds is 15. The van der Waals surface area contributed by atoms with Crippen molar-refractivity contribution in [3.8, 4) is 0 Å². The van der Waals surface area contributed by atoms with E-state index in [1.165, 1.54) is 11.6 Å². The average molecular weight is 329 g/mol. The molecule has 0 N–H and O–H groups in total. The van der Waals surface area contributed by atoms with Gasteiger partial charge >= 0.3 is 0 Å². The number of ether oxygens (including phenoxy) is 4. The Morgan fingerprint density at radius 1 is 1.00 bits per heavy atom. The third-order valence-corrected chi connectivity index (χ3v) is 2.69. The van der Waals surface area contributed by atoms with Crippen LogP contribution in [0.1, 0.15) is 26.0 Å². The summed E-state index contributed by atoms with van der Waals surface area (Å²) in [5.74, 6) is 0.0370. The summed E-state index contributed by atoms with van der Waals surface area (Å²) in [4.78, 5) is 10.9. The highest BCUT2D eigenvalue weighted by Gasteiger charge is 2.02. The third kappa shape index (κ3) is 10.9. The molecule has 8 nitrogen and oxygen atoms in total. The zero-order valence-corrected chi connectivity index (χ0v) is 14.0. The second kappa shape index (κ2) is 13.1. The number of carbonyl (C=O) groups is 1. The zero-order valence-electron chi connectivity index (χ0n) is 14.0. The highest BCUT2D eigenvalue weighted by atomic mass is 16.6. The maximum atomic E-state index is 10.9. The molecule has 1 rings (SSSR count). The largest absolute Gasteiger partial charge is 0.379 e. The van der Waals surface area contributed by atoms with Gasteiger partial charge in [-0.2, -0.15) is 0 Å². The first-order valence-corrected chi connectivity index (χ1v) is 7.91. The molecule has 0 aliphatic heterocycles. The molecule has 1 aromatic rings. The average Bonchev–Trinajstić information content (AvgIpc) is 2.95. The summed E-state index contributed by atoms with van der Waals surface area (Å²) in [7, 11) is 0. The van der Waals surface area contributed by atoms with Gasteiger partial charge in [0.2, 0.25) is 0 Å². The van der Waals surface area contributed by atoms with E-state index in [0.717, 1.165) is 13.0 Å². The van der Waals surface area contributed by atoms with Gasteiger partial charge in [-0.05, 0) is 13.3 Å². The van der Waals surface area contributed by atoms with E-state index in [4.69, 9.17) is 18.9 Å². The van der Waals surface area contributed by atoms with Crippen LogP contribution in [-0.2, 0) is 36.9 Å². The molecule has 1 aromatic heterocycles. The highest BCUT2D eigenvalue weighted by molar-refractivity contribution is 5.75. The van der Waals surface area contributed by atoms with Crippen molar-refractivity contribution in [2.24, 2.45) is 0 Å². The predicted molar refractivity (Wildman–Crippen MR) is 83.1 cm³/mol. The third-order valence-electron chi connectivity index (χ3n) is 2.69. The lowest BCUT2D eigenvalue weighted by Gasteiger charge is -2.06. The van der Waals surface area contributed by atoms with Crippen molar-refractivity contribution in [2.45, 2.75) is 33.4 Å². The fourth-order valence-corrected chi connectivity index (χ4v) is 1.69. The van der Waals surface area contributed by atoms with E-state index < -0.39 is 0 Å². The van der Waals surface area contributed by atoms with Gasteiger partial charge in [0.05, 0.1) is 52.4 Å². The minimum absolute atomic E-state index is 0.0370. The Morgan fingerprint density at radius 2 is 1.57 bits per heavy atom. The summed E-state index contributed by atoms with van der Waals surface area (Å²) in [6.07, 6.45) is 2.73. The van der Waals surface area contributed by atoms with Gasteiger partial charge in [-0.15, -0.1) is 5.10 Å². The zero-order chi connectivity index (χ0) is 16.8. The smallest absolute Gasteiger partial charge is 0.151 e. The number of ketones is 1. The lowest BCUT2D eigenvalue weighted by atomic mass is 10.4. The van der Waals surface area contributed by atoms with E-state index >= 15 is 0 Å². The summed E-state index contributed by atoms with van der Waals surface area (Å²) in [5, 5.41) is 7.76. The van der Waals surface area contributed by atoms with Crippen molar-refractivity contribution in [3.63, 3.8) is 0 Å². The molecule has 0 spiro atoms. The molecular formula is C15H27N3O5.